The molecule has 112 valence electrons. The molecule has 6 heteroatoms. The molecule has 0 saturated heterocycles. The van der Waals surface area contributed by atoms with Crippen molar-refractivity contribution in [2.45, 2.75) is 6.92 Å². The highest BCUT2D eigenvalue weighted by Gasteiger charge is 2.17. The zero-order valence-corrected chi connectivity index (χ0v) is 11.9. The Hall–Kier alpha value is -3.02. The molecule has 0 aliphatic rings. The summed E-state index contributed by atoms with van der Waals surface area (Å²) in [6.07, 6.45) is 0. The lowest BCUT2D eigenvalue weighted by atomic mass is 10.2. The number of nitrogens with two attached hydrogens (primary N) is 1. The highest BCUT2D eigenvalue weighted by molar-refractivity contribution is 5.90. The van der Waals surface area contributed by atoms with Crippen molar-refractivity contribution in [1.29, 1.82) is 0 Å². The summed E-state index contributed by atoms with van der Waals surface area (Å²) in [6.45, 7) is 1.62. The minimum Gasteiger partial charge on any atom is -0.483 e. The van der Waals surface area contributed by atoms with E-state index in [1.54, 1.807) is 18.2 Å². The van der Waals surface area contributed by atoms with Crippen LogP contribution in [-0.4, -0.2) is 17.1 Å². The molecular weight excluding hydrogens is 284 g/mol. The van der Waals surface area contributed by atoms with Gasteiger partial charge >= 0.3 is 5.76 Å². The number of benzene rings is 2. The van der Waals surface area contributed by atoms with Crippen LogP contribution < -0.4 is 16.2 Å². The fraction of sp³-hybridized carbons (Fsp3) is 0.125. The molecule has 0 spiro atoms. The Balaban J connectivity index is 1.88. The molecule has 2 N–H and O–H groups in total. The number of ether oxygens (including phenoxy) is 1. The van der Waals surface area contributed by atoms with E-state index in [-0.39, 0.29) is 12.2 Å². The van der Waals surface area contributed by atoms with E-state index in [1.807, 2.05) is 25.1 Å². The number of fused-ring (bicyclic) bond motifs is 1. The van der Waals surface area contributed by atoms with Gasteiger partial charge in [0.25, 0.3) is 5.91 Å². The molecule has 0 amide bonds. The second kappa shape index (κ2) is 5.40. The number of nitrogens with zero attached hydrogens (tertiary/aromatic N) is 1. The maximum absolute atomic E-state index is 12.3. The first-order valence-electron chi connectivity index (χ1n) is 6.69. The molecule has 0 aliphatic carbocycles. The number of para-hydroxylation sites is 1. The highest BCUT2D eigenvalue weighted by atomic mass is 16.5. The molecule has 3 rings (SSSR count). The number of hydrogen-bond donors (Lipinski definition) is 1. The summed E-state index contributed by atoms with van der Waals surface area (Å²) < 4.78 is 11.5. The quantitative estimate of drug-likeness (QED) is 0.749. The van der Waals surface area contributed by atoms with Crippen LogP contribution in [0.3, 0.4) is 0 Å². The Kier molecular flexibility index (Phi) is 3.42. The number of hydrogen-bond acceptors (Lipinski definition) is 5. The summed E-state index contributed by atoms with van der Waals surface area (Å²) in [4.78, 5) is 24.1. The molecule has 0 bridgehead atoms. The zero-order chi connectivity index (χ0) is 15.7. The number of rotatable bonds is 3. The molecule has 2 aromatic carbocycles. The molecular formula is C16H14N2O4. The van der Waals surface area contributed by atoms with Crippen LogP contribution >= 0.6 is 0 Å². The predicted molar refractivity (Wildman–Crippen MR) is 82.2 cm³/mol. The van der Waals surface area contributed by atoms with Crippen LogP contribution in [-0.2, 0) is 0 Å². The highest BCUT2D eigenvalue weighted by Crippen LogP contribution is 2.18. The number of oxazole rings is 1. The fourth-order valence-corrected chi connectivity index (χ4v) is 2.19. The number of aryl methyl sites for hydroxylation is 1. The largest absolute Gasteiger partial charge is 0.483 e. The van der Waals surface area contributed by atoms with E-state index in [9.17, 15) is 9.59 Å². The van der Waals surface area contributed by atoms with Crippen molar-refractivity contribution >= 4 is 22.7 Å². The molecule has 1 heterocycles. The Morgan fingerprint density at radius 3 is 2.82 bits per heavy atom. The average molecular weight is 298 g/mol. The molecule has 0 saturated carbocycles. The van der Waals surface area contributed by atoms with Gasteiger partial charge in [-0.3, -0.25) is 4.79 Å². The van der Waals surface area contributed by atoms with Crippen molar-refractivity contribution in [1.82, 2.24) is 4.57 Å². The molecule has 0 aliphatic heterocycles. The third kappa shape index (κ3) is 2.46. The van der Waals surface area contributed by atoms with Crippen molar-refractivity contribution < 1.29 is 13.9 Å². The SMILES string of the molecule is Cc1ccccc1OCC(=O)n1c(=O)oc2cc(N)ccc21. The second-order valence-corrected chi connectivity index (χ2v) is 4.88. The normalized spacial score (nSPS) is 10.8. The average Bonchev–Trinajstić information content (AvgIpc) is 2.81. The maximum atomic E-state index is 12.3. The first kappa shape index (κ1) is 13.9. The van der Waals surface area contributed by atoms with Gasteiger partial charge in [0.15, 0.2) is 12.2 Å². The Morgan fingerprint density at radius 2 is 2.05 bits per heavy atom. The van der Waals surface area contributed by atoms with Crippen LogP contribution in [0.1, 0.15) is 10.4 Å². The zero-order valence-electron chi connectivity index (χ0n) is 11.9. The lowest BCUT2D eigenvalue weighted by Crippen LogP contribution is -2.27. The summed E-state index contributed by atoms with van der Waals surface area (Å²) >= 11 is 0. The maximum Gasteiger partial charge on any atom is 0.426 e. The molecule has 6 nitrogen and oxygen atoms in total. The van der Waals surface area contributed by atoms with Gasteiger partial charge in [-0.2, -0.15) is 0 Å². The van der Waals surface area contributed by atoms with Crippen LogP contribution in [0, 0.1) is 6.92 Å². The lowest BCUT2D eigenvalue weighted by Gasteiger charge is -2.08. The van der Waals surface area contributed by atoms with E-state index in [4.69, 9.17) is 14.9 Å². The van der Waals surface area contributed by atoms with Gasteiger partial charge in [-0.05, 0) is 30.7 Å². The minimum absolute atomic E-state index is 0.260. The van der Waals surface area contributed by atoms with E-state index in [0.717, 1.165) is 10.1 Å². The number of anilines is 1. The Bertz CT molecular complexity index is 908. The Morgan fingerprint density at radius 1 is 1.27 bits per heavy atom. The van der Waals surface area contributed by atoms with E-state index in [1.165, 1.54) is 6.07 Å². The molecule has 0 fully saturated rings. The smallest absolute Gasteiger partial charge is 0.426 e. The number of carbonyl (C=O) groups excluding carboxylic acids is 1. The summed E-state index contributed by atoms with van der Waals surface area (Å²) in [7, 11) is 0. The van der Waals surface area contributed by atoms with E-state index in [0.29, 0.717) is 17.0 Å². The van der Waals surface area contributed by atoms with Crippen LogP contribution in [0.4, 0.5) is 5.69 Å². The first-order chi connectivity index (χ1) is 10.6. The molecule has 3 aromatic rings. The fourth-order valence-electron chi connectivity index (χ4n) is 2.19. The summed E-state index contributed by atoms with van der Waals surface area (Å²) in [5.74, 6) is -0.656. The monoisotopic (exact) mass is 298 g/mol. The summed E-state index contributed by atoms with van der Waals surface area (Å²) in [6, 6.07) is 12.0. The van der Waals surface area contributed by atoms with E-state index < -0.39 is 11.7 Å². The standard InChI is InChI=1S/C16H14N2O4/c1-10-4-2-3-5-13(10)21-9-15(19)18-12-7-6-11(17)8-14(12)22-16(18)20/h2-8H,9,17H2,1H3. The van der Waals surface area contributed by atoms with Gasteiger partial charge in [0.05, 0.1) is 5.52 Å². The van der Waals surface area contributed by atoms with Gasteiger partial charge in [0.2, 0.25) is 0 Å². The van der Waals surface area contributed by atoms with Crippen molar-refractivity contribution in [3.8, 4) is 5.75 Å². The second-order valence-electron chi connectivity index (χ2n) is 4.88. The molecule has 1 aromatic heterocycles. The summed E-state index contributed by atoms with van der Waals surface area (Å²) in [5, 5.41) is 0. The molecule has 0 unspecified atom stereocenters. The van der Waals surface area contributed by atoms with Crippen LogP contribution in [0.2, 0.25) is 0 Å². The van der Waals surface area contributed by atoms with Crippen molar-refractivity contribution in [2.24, 2.45) is 0 Å². The van der Waals surface area contributed by atoms with Gasteiger partial charge in [0.1, 0.15) is 5.75 Å². The van der Waals surface area contributed by atoms with Gasteiger partial charge in [0, 0.05) is 11.8 Å². The van der Waals surface area contributed by atoms with Crippen LogP contribution in [0.5, 0.6) is 5.75 Å². The minimum atomic E-state index is -0.751. The van der Waals surface area contributed by atoms with Gasteiger partial charge in [-0.15, -0.1) is 0 Å². The van der Waals surface area contributed by atoms with Crippen molar-refractivity contribution in [3.63, 3.8) is 0 Å². The number of carbonyl (C=O) groups is 1. The first-order valence-corrected chi connectivity index (χ1v) is 6.69. The molecule has 0 radical (unpaired) electrons. The van der Waals surface area contributed by atoms with Crippen molar-refractivity contribution in [3.05, 3.63) is 58.6 Å². The van der Waals surface area contributed by atoms with Gasteiger partial charge in [-0.25, -0.2) is 9.36 Å². The Labute approximate surface area is 125 Å². The molecule has 0 atom stereocenters. The molecule has 22 heavy (non-hydrogen) atoms. The topological polar surface area (TPSA) is 87.5 Å². The number of nitrogen functional groups attached to an aromatic ring is 1. The predicted octanol–water partition coefficient (Wildman–Crippen LogP) is 2.20. The van der Waals surface area contributed by atoms with E-state index >= 15 is 0 Å². The summed E-state index contributed by atoms with van der Waals surface area (Å²) in [5.41, 5.74) is 7.64. The van der Waals surface area contributed by atoms with Gasteiger partial charge < -0.3 is 14.9 Å². The lowest BCUT2D eigenvalue weighted by molar-refractivity contribution is 0.0833. The van der Waals surface area contributed by atoms with E-state index in [2.05, 4.69) is 0 Å². The number of aromatic nitrogens is 1. The van der Waals surface area contributed by atoms with Gasteiger partial charge in [-0.1, -0.05) is 18.2 Å². The third-order valence-corrected chi connectivity index (χ3v) is 3.30. The van der Waals surface area contributed by atoms with Crippen molar-refractivity contribution in [2.75, 3.05) is 12.3 Å². The third-order valence-electron chi connectivity index (χ3n) is 3.30. The van der Waals surface area contributed by atoms with Crippen LogP contribution in [0.15, 0.2) is 51.7 Å². The van der Waals surface area contributed by atoms with Crippen LogP contribution in [0.25, 0.3) is 11.1 Å².